The Morgan fingerprint density at radius 1 is 1.15 bits per heavy atom. The molecule has 0 unspecified atom stereocenters. The van der Waals surface area contributed by atoms with Gasteiger partial charge in [-0.05, 0) is 43.0 Å². The molecule has 0 aliphatic carbocycles. The molecule has 2 aromatic carbocycles. The molecule has 4 aromatic rings. The molecule has 0 saturated carbocycles. The maximum absolute atomic E-state index is 14.2. The lowest BCUT2D eigenvalue weighted by molar-refractivity contribution is 0.0531. The highest BCUT2D eigenvalue weighted by atomic mass is 32.2. The molecule has 0 spiro atoms. The van der Waals surface area contributed by atoms with Crippen molar-refractivity contribution in [1.29, 1.82) is 0 Å². The van der Waals surface area contributed by atoms with Gasteiger partial charge in [-0.3, -0.25) is 9.36 Å². The summed E-state index contributed by atoms with van der Waals surface area (Å²) in [5.41, 5.74) is 2.03. The molecule has 33 heavy (non-hydrogen) atoms. The predicted molar refractivity (Wildman–Crippen MR) is 131 cm³/mol. The molecule has 0 aliphatic rings. The number of hydrogen-bond donors (Lipinski definition) is 0. The second kappa shape index (κ2) is 10.3. The molecular weight excluding hydrogens is 459 g/mol. The molecule has 4 rings (SSSR count). The van der Waals surface area contributed by atoms with Crippen LogP contribution < -0.4 is 5.56 Å². The molecule has 5 nitrogen and oxygen atoms in total. The topological polar surface area (TPSA) is 61.2 Å². The first-order valence-corrected chi connectivity index (χ1v) is 12.4. The number of nitrogens with zero attached hydrogens (tertiary/aromatic N) is 2. The number of carbonyl (C=O) groups is 1. The number of aromatic nitrogens is 2. The monoisotopic (exact) mass is 482 g/mol. The molecular formula is C25H23FN2O3S2. The van der Waals surface area contributed by atoms with Crippen LogP contribution in [0.25, 0.3) is 10.2 Å². The molecule has 0 bridgehead atoms. The first-order chi connectivity index (χ1) is 16.0. The summed E-state index contributed by atoms with van der Waals surface area (Å²) < 4.78 is 20.9. The van der Waals surface area contributed by atoms with Gasteiger partial charge in [-0.15, -0.1) is 11.3 Å². The summed E-state index contributed by atoms with van der Waals surface area (Å²) in [5, 5.41) is 0.940. The van der Waals surface area contributed by atoms with Gasteiger partial charge in [-0.2, -0.15) is 0 Å². The largest absolute Gasteiger partial charge is 0.462 e. The zero-order valence-corrected chi connectivity index (χ0v) is 20.0. The molecule has 0 aliphatic heterocycles. The third-order valence-corrected chi connectivity index (χ3v) is 7.45. The minimum Gasteiger partial charge on any atom is -0.462 e. The van der Waals surface area contributed by atoms with Gasteiger partial charge in [0, 0.05) is 12.3 Å². The number of thiophene rings is 1. The summed E-state index contributed by atoms with van der Waals surface area (Å²) in [4.78, 5) is 31.5. The molecule has 2 heterocycles. The van der Waals surface area contributed by atoms with Crippen LogP contribution in [0.15, 0.2) is 64.5 Å². The Hall–Kier alpha value is -2.97. The van der Waals surface area contributed by atoms with Crippen LogP contribution in [-0.4, -0.2) is 22.1 Å². The van der Waals surface area contributed by atoms with Crippen LogP contribution >= 0.6 is 23.1 Å². The van der Waals surface area contributed by atoms with Gasteiger partial charge in [0.2, 0.25) is 0 Å². The van der Waals surface area contributed by atoms with Gasteiger partial charge in [0.1, 0.15) is 15.5 Å². The van der Waals surface area contributed by atoms with E-state index in [4.69, 9.17) is 9.72 Å². The van der Waals surface area contributed by atoms with Crippen LogP contribution in [-0.2, 0) is 23.5 Å². The van der Waals surface area contributed by atoms with E-state index in [9.17, 15) is 14.0 Å². The number of esters is 1. The normalized spacial score (nSPS) is 11.1. The molecule has 2 aromatic heterocycles. The van der Waals surface area contributed by atoms with Crippen molar-refractivity contribution in [1.82, 2.24) is 9.55 Å². The van der Waals surface area contributed by atoms with E-state index in [-0.39, 0.29) is 18.0 Å². The van der Waals surface area contributed by atoms with Crippen LogP contribution in [0.5, 0.6) is 0 Å². The quantitative estimate of drug-likeness (QED) is 0.185. The number of benzene rings is 2. The minimum absolute atomic E-state index is 0.198. The van der Waals surface area contributed by atoms with Crippen LogP contribution in [0.1, 0.15) is 33.3 Å². The van der Waals surface area contributed by atoms with Gasteiger partial charge in [-0.25, -0.2) is 14.2 Å². The number of fused-ring (bicyclic) bond motifs is 1. The van der Waals surface area contributed by atoms with E-state index >= 15 is 0 Å². The predicted octanol–water partition coefficient (Wildman–Crippen LogP) is 5.62. The third-order valence-electron chi connectivity index (χ3n) is 5.26. The highest BCUT2D eigenvalue weighted by molar-refractivity contribution is 7.98. The Kier molecular flexibility index (Phi) is 7.25. The lowest BCUT2D eigenvalue weighted by Crippen LogP contribution is -2.24. The molecule has 0 amide bonds. The van der Waals surface area contributed by atoms with Gasteiger partial charge < -0.3 is 4.74 Å². The average Bonchev–Trinajstić information content (AvgIpc) is 3.15. The first kappa shape index (κ1) is 23.2. The SMILES string of the molecule is CCOC(=O)c1sc2nc(SCc3ccccc3F)n(CCc3ccccc3)c(=O)c2c1C. The molecule has 0 atom stereocenters. The fraction of sp³-hybridized carbons (Fsp3) is 0.240. The highest BCUT2D eigenvalue weighted by Crippen LogP contribution is 2.31. The average molecular weight is 483 g/mol. The number of hydrogen-bond acceptors (Lipinski definition) is 6. The van der Waals surface area contributed by atoms with Crippen LogP contribution in [0, 0.1) is 12.7 Å². The molecule has 0 fully saturated rings. The van der Waals surface area contributed by atoms with Crippen molar-refractivity contribution in [3.8, 4) is 0 Å². The number of aryl methyl sites for hydroxylation is 2. The lowest BCUT2D eigenvalue weighted by Gasteiger charge is -2.12. The van der Waals surface area contributed by atoms with Crippen LogP contribution in [0.4, 0.5) is 4.39 Å². The Bertz CT molecular complexity index is 1350. The molecule has 0 radical (unpaired) electrons. The van der Waals surface area contributed by atoms with Crippen molar-refractivity contribution in [2.75, 3.05) is 6.61 Å². The number of rotatable bonds is 8. The van der Waals surface area contributed by atoms with Crippen molar-refractivity contribution in [3.63, 3.8) is 0 Å². The van der Waals surface area contributed by atoms with Gasteiger partial charge >= 0.3 is 5.97 Å². The van der Waals surface area contributed by atoms with Gasteiger partial charge in [-0.1, -0.05) is 60.3 Å². The van der Waals surface area contributed by atoms with E-state index in [1.807, 2.05) is 30.3 Å². The summed E-state index contributed by atoms with van der Waals surface area (Å²) in [7, 11) is 0. The van der Waals surface area contributed by atoms with E-state index in [1.165, 1.54) is 17.8 Å². The molecule has 0 N–H and O–H groups in total. The van der Waals surface area contributed by atoms with Crippen molar-refractivity contribution in [2.45, 2.75) is 37.7 Å². The third kappa shape index (κ3) is 5.02. The summed E-state index contributed by atoms with van der Waals surface area (Å²) in [5.74, 6) is -0.403. The van der Waals surface area contributed by atoms with E-state index in [1.54, 1.807) is 36.6 Å². The van der Waals surface area contributed by atoms with Gasteiger partial charge in [0.15, 0.2) is 5.16 Å². The maximum atomic E-state index is 14.2. The fourth-order valence-corrected chi connectivity index (χ4v) is 5.67. The molecule has 8 heteroatoms. The van der Waals surface area contributed by atoms with Crippen molar-refractivity contribution in [3.05, 3.63) is 92.3 Å². The van der Waals surface area contributed by atoms with E-state index < -0.39 is 5.97 Å². The number of ether oxygens (including phenoxy) is 1. The summed E-state index contributed by atoms with van der Waals surface area (Å²) in [6.45, 7) is 4.18. The van der Waals surface area contributed by atoms with E-state index in [0.717, 1.165) is 16.9 Å². The molecule has 170 valence electrons. The van der Waals surface area contributed by atoms with Crippen LogP contribution in [0.3, 0.4) is 0 Å². The van der Waals surface area contributed by atoms with Crippen molar-refractivity contribution >= 4 is 39.3 Å². The standard InChI is InChI=1S/C25H23FN2O3S2/c1-3-31-24(30)21-16(2)20-22(33-21)27-25(32-15-18-11-7-8-12-19(18)26)28(23(20)29)14-13-17-9-5-4-6-10-17/h4-12H,3,13-15H2,1-2H3. The Morgan fingerprint density at radius 3 is 2.61 bits per heavy atom. The summed E-state index contributed by atoms with van der Waals surface area (Å²) in [6.07, 6.45) is 0.648. The van der Waals surface area contributed by atoms with Crippen molar-refractivity contribution < 1.29 is 13.9 Å². The second-order valence-corrected chi connectivity index (χ2v) is 9.37. The number of thioether (sulfide) groups is 1. The van der Waals surface area contributed by atoms with E-state index in [2.05, 4.69) is 0 Å². The Morgan fingerprint density at radius 2 is 1.88 bits per heavy atom. The molecule has 0 saturated heterocycles. The highest BCUT2D eigenvalue weighted by Gasteiger charge is 2.22. The summed E-state index contributed by atoms with van der Waals surface area (Å²) in [6, 6.07) is 16.5. The Labute approximate surface area is 199 Å². The smallest absolute Gasteiger partial charge is 0.348 e. The first-order valence-electron chi connectivity index (χ1n) is 10.6. The second-order valence-electron chi connectivity index (χ2n) is 7.42. The zero-order chi connectivity index (χ0) is 23.4. The Balaban J connectivity index is 1.76. The number of carbonyl (C=O) groups excluding carboxylic acids is 1. The summed E-state index contributed by atoms with van der Waals surface area (Å²) >= 11 is 2.48. The van der Waals surface area contributed by atoms with Crippen molar-refractivity contribution in [2.24, 2.45) is 0 Å². The maximum Gasteiger partial charge on any atom is 0.348 e. The number of halogens is 1. The van der Waals surface area contributed by atoms with Gasteiger partial charge in [0.05, 0.1) is 12.0 Å². The minimum atomic E-state index is -0.450. The van der Waals surface area contributed by atoms with E-state index in [0.29, 0.717) is 50.1 Å². The zero-order valence-electron chi connectivity index (χ0n) is 18.3. The van der Waals surface area contributed by atoms with Gasteiger partial charge in [0.25, 0.3) is 5.56 Å². The fourth-order valence-electron chi connectivity index (χ4n) is 3.54. The van der Waals surface area contributed by atoms with Crippen LogP contribution in [0.2, 0.25) is 0 Å². The lowest BCUT2D eigenvalue weighted by atomic mass is 10.1.